The number of nitrogens with one attached hydrogen (secondary N) is 1. The topological polar surface area (TPSA) is 69.6 Å². The van der Waals surface area contributed by atoms with Crippen LogP contribution in [0.15, 0.2) is 42.5 Å². The molecule has 5 nitrogen and oxygen atoms in total. The predicted octanol–water partition coefficient (Wildman–Crippen LogP) is 2.90. The number of carbonyl (C=O) groups is 2. The molecule has 2 aromatic carbocycles. The summed E-state index contributed by atoms with van der Waals surface area (Å²) in [6, 6.07) is 8.63. The first kappa shape index (κ1) is 17.5. The Morgan fingerprint density at radius 2 is 1.81 bits per heavy atom. The number of rotatable bonds is 1. The predicted molar refractivity (Wildman–Crippen MR) is 91.0 cm³/mol. The lowest BCUT2D eigenvalue weighted by molar-refractivity contribution is -0.137. The van der Waals surface area contributed by atoms with Crippen molar-refractivity contribution in [2.24, 2.45) is 0 Å². The molecule has 2 heterocycles. The first-order valence-electron chi connectivity index (χ1n) is 8.35. The summed E-state index contributed by atoms with van der Waals surface area (Å²) in [5.41, 5.74) is 0.464. The van der Waals surface area contributed by atoms with E-state index in [1.54, 1.807) is 6.07 Å². The minimum atomic E-state index is -4.47. The minimum absolute atomic E-state index is 0.0458. The molecule has 8 heteroatoms. The number of nitrogens with zero attached hydrogens (tertiary/aromatic N) is 1. The smallest absolute Gasteiger partial charge is 0.391 e. The lowest BCUT2D eigenvalue weighted by Crippen LogP contribution is -2.40. The van der Waals surface area contributed by atoms with Crippen LogP contribution in [0.2, 0.25) is 0 Å². The van der Waals surface area contributed by atoms with Crippen molar-refractivity contribution in [2.45, 2.75) is 24.7 Å². The van der Waals surface area contributed by atoms with Crippen LogP contribution >= 0.6 is 0 Å². The average Bonchev–Trinajstić information content (AvgIpc) is 2.99. The van der Waals surface area contributed by atoms with Gasteiger partial charge in [-0.15, -0.1) is 0 Å². The maximum absolute atomic E-state index is 13.0. The Labute approximate surface area is 152 Å². The Balaban J connectivity index is 1.77. The number of aliphatic hydroxyl groups is 1. The van der Waals surface area contributed by atoms with Crippen LogP contribution in [0.5, 0.6) is 0 Å². The molecular weight excluding hydrogens is 361 g/mol. The highest BCUT2D eigenvalue weighted by atomic mass is 19.4. The Hall–Kier alpha value is -2.87. The molecule has 0 aromatic heterocycles. The maximum Gasteiger partial charge on any atom is 0.416 e. The Bertz CT molecular complexity index is 942. The summed E-state index contributed by atoms with van der Waals surface area (Å²) in [7, 11) is 0. The van der Waals surface area contributed by atoms with Crippen molar-refractivity contribution in [1.29, 1.82) is 0 Å². The second-order valence-electron chi connectivity index (χ2n) is 6.69. The molecule has 2 aliphatic rings. The number of halogens is 3. The molecule has 2 aromatic rings. The average molecular weight is 376 g/mol. The molecule has 0 saturated carbocycles. The van der Waals surface area contributed by atoms with Gasteiger partial charge in [0, 0.05) is 13.0 Å². The monoisotopic (exact) mass is 376 g/mol. The highest BCUT2D eigenvalue weighted by molar-refractivity contribution is 6.10. The highest BCUT2D eigenvalue weighted by Gasteiger charge is 2.42. The Morgan fingerprint density at radius 3 is 2.56 bits per heavy atom. The van der Waals surface area contributed by atoms with Crippen LogP contribution < -0.4 is 5.32 Å². The first-order valence-corrected chi connectivity index (χ1v) is 8.35. The summed E-state index contributed by atoms with van der Waals surface area (Å²) in [6.07, 6.45) is -5.09. The van der Waals surface area contributed by atoms with Crippen LogP contribution in [-0.2, 0) is 11.0 Å². The number of alkyl halides is 3. The van der Waals surface area contributed by atoms with Gasteiger partial charge in [0.05, 0.1) is 22.9 Å². The van der Waals surface area contributed by atoms with Gasteiger partial charge in [-0.2, -0.15) is 13.2 Å². The molecular formula is C19H15F3N2O3. The lowest BCUT2D eigenvalue weighted by Gasteiger charge is -2.19. The van der Waals surface area contributed by atoms with E-state index < -0.39 is 29.8 Å². The quantitative estimate of drug-likeness (QED) is 0.804. The van der Waals surface area contributed by atoms with E-state index in [1.165, 1.54) is 29.2 Å². The zero-order valence-electron chi connectivity index (χ0n) is 14.0. The number of aliphatic hydroxyl groups excluding tert-OH is 1. The van der Waals surface area contributed by atoms with Crippen molar-refractivity contribution >= 4 is 17.5 Å². The zero-order chi connectivity index (χ0) is 19.3. The largest absolute Gasteiger partial charge is 0.416 e. The number of benzene rings is 2. The fourth-order valence-electron chi connectivity index (χ4n) is 3.54. The molecule has 0 unspecified atom stereocenters. The van der Waals surface area contributed by atoms with Crippen molar-refractivity contribution in [3.8, 4) is 11.1 Å². The molecule has 1 saturated heterocycles. The molecule has 0 spiro atoms. The summed E-state index contributed by atoms with van der Waals surface area (Å²) in [5.74, 6) is -0.816. The zero-order valence-corrected chi connectivity index (χ0v) is 14.0. The second kappa shape index (κ2) is 6.09. The van der Waals surface area contributed by atoms with E-state index >= 15 is 0 Å². The number of carbonyl (C=O) groups excluding carboxylic acids is 2. The molecule has 27 heavy (non-hydrogen) atoms. The summed E-state index contributed by atoms with van der Waals surface area (Å²) in [6.45, 7) is 0.0458. The van der Waals surface area contributed by atoms with Gasteiger partial charge in [0.15, 0.2) is 0 Å². The van der Waals surface area contributed by atoms with Crippen LogP contribution in [0.25, 0.3) is 11.1 Å². The fraction of sp³-hybridized carbons (Fsp3) is 0.263. The van der Waals surface area contributed by atoms with Crippen LogP contribution in [0.3, 0.4) is 0 Å². The standard InChI is InChI=1S/C19H15F3N2O3/c20-19(21,22)12-3-1-2-10(6-12)11-4-5-15-14(7-11)18(27)24-9-13(25)8-16(24)17(26)23-15/h1-7,13,16,25H,8-9H2,(H,23,26)/t13-,16+/m1/s1. The van der Waals surface area contributed by atoms with Gasteiger partial charge in [0.25, 0.3) is 5.91 Å². The number of hydrogen-bond donors (Lipinski definition) is 2. The molecule has 4 rings (SSSR count). The summed E-state index contributed by atoms with van der Waals surface area (Å²) in [4.78, 5) is 26.5. The van der Waals surface area contributed by atoms with Gasteiger partial charge in [-0.1, -0.05) is 18.2 Å². The minimum Gasteiger partial charge on any atom is -0.391 e. The van der Waals surface area contributed by atoms with Crippen molar-refractivity contribution in [3.63, 3.8) is 0 Å². The van der Waals surface area contributed by atoms with Crippen LogP contribution in [-0.4, -0.2) is 40.5 Å². The molecule has 2 N–H and O–H groups in total. The third kappa shape index (κ3) is 3.06. The second-order valence-corrected chi connectivity index (χ2v) is 6.69. The van der Waals surface area contributed by atoms with Gasteiger partial charge in [0.2, 0.25) is 5.91 Å². The summed E-state index contributed by atoms with van der Waals surface area (Å²) in [5, 5.41) is 12.5. The fourth-order valence-corrected chi connectivity index (χ4v) is 3.54. The molecule has 0 aliphatic carbocycles. The number of anilines is 1. The normalized spacial score (nSPS) is 22.1. The van der Waals surface area contributed by atoms with Gasteiger partial charge in [0.1, 0.15) is 6.04 Å². The van der Waals surface area contributed by atoms with E-state index in [0.29, 0.717) is 16.8 Å². The molecule has 0 bridgehead atoms. The van der Waals surface area contributed by atoms with Crippen LogP contribution in [0.1, 0.15) is 22.3 Å². The Kier molecular flexibility index (Phi) is 3.96. The Morgan fingerprint density at radius 1 is 1.07 bits per heavy atom. The maximum atomic E-state index is 13.0. The number of fused-ring (bicyclic) bond motifs is 2. The molecule has 2 aliphatic heterocycles. The molecule has 140 valence electrons. The van der Waals surface area contributed by atoms with E-state index in [4.69, 9.17) is 0 Å². The van der Waals surface area contributed by atoms with E-state index in [-0.39, 0.29) is 24.4 Å². The van der Waals surface area contributed by atoms with Gasteiger partial charge >= 0.3 is 6.18 Å². The van der Waals surface area contributed by atoms with Crippen molar-refractivity contribution < 1.29 is 27.9 Å². The van der Waals surface area contributed by atoms with E-state index in [2.05, 4.69) is 5.32 Å². The summed E-state index contributed by atoms with van der Waals surface area (Å²) >= 11 is 0. The SMILES string of the molecule is O=C1Nc2ccc(-c3cccc(C(F)(F)F)c3)cc2C(=O)N2C[C@H](O)C[C@@H]12. The van der Waals surface area contributed by atoms with E-state index in [9.17, 15) is 27.9 Å². The third-order valence-corrected chi connectivity index (χ3v) is 4.87. The highest BCUT2D eigenvalue weighted by Crippen LogP contribution is 2.35. The van der Waals surface area contributed by atoms with Gasteiger partial charge in [-0.3, -0.25) is 9.59 Å². The van der Waals surface area contributed by atoms with E-state index in [0.717, 1.165) is 12.1 Å². The summed E-state index contributed by atoms with van der Waals surface area (Å²) < 4.78 is 38.9. The van der Waals surface area contributed by atoms with Crippen LogP contribution in [0, 0.1) is 0 Å². The van der Waals surface area contributed by atoms with Gasteiger partial charge in [-0.25, -0.2) is 0 Å². The van der Waals surface area contributed by atoms with Gasteiger partial charge in [-0.05, 0) is 35.4 Å². The molecule has 1 fully saturated rings. The van der Waals surface area contributed by atoms with Crippen molar-refractivity contribution in [3.05, 3.63) is 53.6 Å². The first-order chi connectivity index (χ1) is 12.7. The third-order valence-electron chi connectivity index (χ3n) is 4.87. The number of amides is 2. The van der Waals surface area contributed by atoms with Crippen molar-refractivity contribution in [2.75, 3.05) is 11.9 Å². The van der Waals surface area contributed by atoms with E-state index in [1.807, 2.05) is 0 Å². The van der Waals surface area contributed by atoms with Crippen molar-refractivity contribution in [1.82, 2.24) is 4.90 Å². The number of hydrogen-bond acceptors (Lipinski definition) is 3. The molecule has 0 radical (unpaired) electrons. The van der Waals surface area contributed by atoms with Crippen LogP contribution in [0.4, 0.5) is 18.9 Å². The molecule has 2 atom stereocenters. The van der Waals surface area contributed by atoms with Gasteiger partial charge < -0.3 is 15.3 Å². The lowest BCUT2D eigenvalue weighted by atomic mass is 9.99. The molecule has 2 amide bonds.